The fourth-order valence-electron chi connectivity index (χ4n) is 8.27. The number of benzene rings is 1. The number of hydrogen-bond acceptors (Lipinski definition) is 8. The second-order valence-corrected chi connectivity index (χ2v) is 16.0. The van der Waals surface area contributed by atoms with Crippen molar-refractivity contribution < 1.29 is 29.1 Å². The molecule has 1 saturated heterocycles. The van der Waals surface area contributed by atoms with Gasteiger partial charge in [-0.25, -0.2) is 4.79 Å². The number of carboxylic acids is 1. The summed E-state index contributed by atoms with van der Waals surface area (Å²) in [5, 5.41) is 17.6. The van der Waals surface area contributed by atoms with Gasteiger partial charge in [0, 0.05) is 49.8 Å². The first kappa shape index (κ1) is 42.0. The smallest absolute Gasteiger partial charge is 0.326 e. The second-order valence-electron chi connectivity index (χ2n) is 14.9. The number of nitrogens with two attached hydrogens (primary N) is 4. The normalized spacial score (nSPS) is 21.1. The molecule has 1 aromatic carbocycles. The first-order chi connectivity index (χ1) is 26.9. The molecule has 0 radical (unpaired) electrons. The highest BCUT2D eigenvalue weighted by Crippen LogP contribution is 2.41. The highest BCUT2D eigenvalue weighted by molar-refractivity contribution is 7.09. The Kier molecular flexibility index (Phi) is 15.1. The summed E-state index contributed by atoms with van der Waals surface area (Å²) < 4.78 is 0. The van der Waals surface area contributed by atoms with Crippen molar-refractivity contribution in [1.82, 2.24) is 20.4 Å². The maximum Gasteiger partial charge on any atom is 0.326 e. The molecular formula is C39H56N10O6S. The Hall–Kier alpha value is -5.19. The molecule has 16 nitrogen and oxygen atoms in total. The molecule has 3 aliphatic rings. The highest BCUT2D eigenvalue weighted by Gasteiger charge is 2.51. The minimum Gasteiger partial charge on any atom is -0.480 e. The Bertz CT molecular complexity index is 1740. The molecule has 2 fully saturated rings. The molecule has 2 aromatic rings. The molecular weight excluding hydrogens is 737 g/mol. The molecule has 56 heavy (non-hydrogen) atoms. The van der Waals surface area contributed by atoms with Crippen molar-refractivity contribution >= 4 is 52.9 Å². The number of rotatable bonds is 18. The molecule has 304 valence electrons. The Balaban J connectivity index is 1.39. The maximum atomic E-state index is 15.1. The zero-order valence-electron chi connectivity index (χ0n) is 31.8. The summed E-state index contributed by atoms with van der Waals surface area (Å²) >= 11 is 1.48. The molecule has 11 N–H and O–H groups in total. The molecule has 0 spiro atoms. The van der Waals surface area contributed by atoms with Crippen LogP contribution in [0.5, 0.6) is 0 Å². The predicted octanol–water partition coefficient (Wildman–Crippen LogP) is 1.35. The number of aliphatic carboxylic acids is 1. The molecule has 0 bridgehead atoms. The summed E-state index contributed by atoms with van der Waals surface area (Å²) in [5.41, 5.74) is 23.5. The van der Waals surface area contributed by atoms with Crippen LogP contribution in [0.4, 0.5) is 0 Å². The van der Waals surface area contributed by atoms with Gasteiger partial charge in [-0.15, -0.1) is 11.3 Å². The lowest BCUT2D eigenvalue weighted by molar-refractivity contribution is -0.153. The number of unbranched alkanes of at least 4 members (excludes halogenated alkanes) is 2. The Labute approximate surface area is 331 Å². The van der Waals surface area contributed by atoms with Crippen LogP contribution in [0, 0.1) is 5.92 Å². The number of amides is 4. The summed E-state index contributed by atoms with van der Waals surface area (Å²) in [6, 6.07) is 7.29. The number of thiophene rings is 1. The van der Waals surface area contributed by atoms with Crippen molar-refractivity contribution in [2.45, 2.75) is 120 Å². The van der Waals surface area contributed by atoms with Gasteiger partial charge in [-0.1, -0.05) is 49.6 Å². The van der Waals surface area contributed by atoms with E-state index in [-0.39, 0.29) is 80.4 Å². The van der Waals surface area contributed by atoms with E-state index in [0.29, 0.717) is 38.6 Å². The largest absolute Gasteiger partial charge is 0.480 e. The third kappa shape index (κ3) is 11.2. The number of aliphatic imine (C=N–C) groups is 2. The Morgan fingerprint density at radius 3 is 2.25 bits per heavy atom. The zero-order valence-corrected chi connectivity index (χ0v) is 32.6. The number of hydrogen-bond donors (Lipinski definition) is 7. The van der Waals surface area contributed by atoms with E-state index in [9.17, 15) is 24.3 Å². The van der Waals surface area contributed by atoms with E-state index in [1.165, 1.54) is 11.3 Å². The fourth-order valence-corrected chi connectivity index (χ4v) is 9.02. The molecule has 17 heteroatoms. The predicted molar refractivity (Wildman–Crippen MR) is 214 cm³/mol. The molecule has 1 aromatic heterocycles. The number of likely N-dealkylation sites (tertiary alicyclic amines) is 1. The monoisotopic (exact) mass is 792 g/mol. The van der Waals surface area contributed by atoms with Crippen LogP contribution >= 0.6 is 11.3 Å². The zero-order chi connectivity index (χ0) is 40.2. The fraction of sp³-hybridized carbons (Fsp3) is 0.564. The van der Waals surface area contributed by atoms with Crippen LogP contribution in [0.2, 0.25) is 0 Å². The molecule has 1 saturated carbocycles. The van der Waals surface area contributed by atoms with Crippen LogP contribution in [0.15, 0.2) is 51.8 Å². The van der Waals surface area contributed by atoms with Gasteiger partial charge in [-0.3, -0.25) is 29.2 Å². The molecule has 3 heterocycles. The second kappa shape index (κ2) is 20.1. The van der Waals surface area contributed by atoms with Crippen molar-refractivity contribution in [1.29, 1.82) is 0 Å². The average Bonchev–Trinajstić information content (AvgIpc) is 3.84. The average molecular weight is 793 g/mol. The van der Waals surface area contributed by atoms with Crippen LogP contribution in [-0.4, -0.2) is 99.7 Å². The van der Waals surface area contributed by atoms with Crippen LogP contribution in [0.3, 0.4) is 0 Å². The van der Waals surface area contributed by atoms with Crippen LogP contribution in [0.1, 0.15) is 86.6 Å². The van der Waals surface area contributed by atoms with Gasteiger partial charge in [0.2, 0.25) is 23.6 Å². The minimum absolute atomic E-state index is 0.0241. The van der Waals surface area contributed by atoms with Crippen molar-refractivity contribution in [2.24, 2.45) is 38.8 Å². The van der Waals surface area contributed by atoms with Crippen molar-refractivity contribution in [3.05, 3.63) is 57.8 Å². The van der Waals surface area contributed by atoms with E-state index in [4.69, 9.17) is 22.9 Å². The standard InChI is InChI=1S/C39H56N10O6S/c40-38(41)44-17-7-1-2-16-33(50)46-29(22-27-13-9-19-56-27)35(52)48-23-26-12-4-3-10-24(26)20-32(48)36(53)49-30-15-6-5-11-25(30)21-31(49)34(51)47-28(37(54)55)14-8-18-45-39(42)43/h3-4,9-10,12-13,19,25,28-32H,1-2,5-8,11,14-18,20-23H2,(H,46,50)(H,47,51)(H,54,55)(H4,40,41,44)(H4,42,43,45)/t25-,28-,29-,30-,31-,32+/m0/s1. The molecule has 0 unspecified atom stereocenters. The van der Waals surface area contributed by atoms with E-state index in [1.54, 1.807) is 9.80 Å². The van der Waals surface area contributed by atoms with E-state index >= 15 is 4.79 Å². The lowest BCUT2D eigenvalue weighted by Crippen LogP contribution is -2.61. The number of nitrogens with one attached hydrogen (secondary N) is 2. The molecule has 5 rings (SSSR count). The maximum absolute atomic E-state index is 15.1. The number of carboxylic acid groups (broad SMARTS) is 1. The van der Waals surface area contributed by atoms with Gasteiger partial charge in [0.1, 0.15) is 24.2 Å². The van der Waals surface area contributed by atoms with Gasteiger partial charge in [0.25, 0.3) is 0 Å². The molecule has 1 aliphatic carbocycles. The summed E-state index contributed by atoms with van der Waals surface area (Å²) in [6.45, 7) is 0.835. The number of nitrogens with zero attached hydrogens (tertiary/aromatic N) is 4. The quantitative estimate of drug-likeness (QED) is 0.0647. The van der Waals surface area contributed by atoms with E-state index in [2.05, 4.69) is 20.6 Å². The third-order valence-corrected chi connectivity index (χ3v) is 11.9. The summed E-state index contributed by atoms with van der Waals surface area (Å²) in [4.78, 5) is 81.6. The lowest BCUT2D eigenvalue weighted by atomic mass is 9.84. The molecule has 6 atom stereocenters. The topological polar surface area (TPSA) is 265 Å². The number of carbonyl (C=O) groups excluding carboxylic acids is 4. The van der Waals surface area contributed by atoms with Crippen molar-refractivity contribution in [3.8, 4) is 0 Å². The first-order valence-corrected chi connectivity index (χ1v) is 20.5. The van der Waals surface area contributed by atoms with E-state index in [0.717, 1.165) is 41.7 Å². The van der Waals surface area contributed by atoms with Crippen molar-refractivity contribution in [2.75, 3.05) is 13.1 Å². The lowest BCUT2D eigenvalue weighted by Gasteiger charge is -2.42. The van der Waals surface area contributed by atoms with Gasteiger partial charge < -0.3 is 48.5 Å². The number of guanidine groups is 2. The Morgan fingerprint density at radius 2 is 1.55 bits per heavy atom. The summed E-state index contributed by atoms with van der Waals surface area (Å²) in [6.07, 6.45) is 6.98. The van der Waals surface area contributed by atoms with Crippen LogP contribution in [0.25, 0.3) is 0 Å². The molecule has 2 aliphatic heterocycles. The van der Waals surface area contributed by atoms with Crippen molar-refractivity contribution in [3.63, 3.8) is 0 Å². The molecule has 4 amide bonds. The van der Waals surface area contributed by atoms with Gasteiger partial charge in [0.05, 0.1) is 0 Å². The van der Waals surface area contributed by atoms with Gasteiger partial charge >= 0.3 is 5.97 Å². The first-order valence-electron chi connectivity index (χ1n) is 19.6. The minimum atomic E-state index is -1.20. The highest BCUT2D eigenvalue weighted by atomic mass is 32.1. The summed E-state index contributed by atoms with van der Waals surface area (Å²) in [5.74, 6) is -2.72. The van der Waals surface area contributed by atoms with E-state index in [1.807, 2.05) is 41.8 Å². The Morgan fingerprint density at radius 1 is 0.839 bits per heavy atom. The van der Waals surface area contributed by atoms with Gasteiger partial charge in [-0.05, 0) is 73.4 Å². The van der Waals surface area contributed by atoms with Gasteiger partial charge in [-0.2, -0.15) is 0 Å². The third-order valence-electron chi connectivity index (χ3n) is 11.0. The van der Waals surface area contributed by atoms with Crippen LogP contribution in [-0.2, 0) is 43.4 Å². The van der Waals surface area contributed by atoms with E-state index < -0.39 is 36.0 Å². The van der Waals surface area contributed by atoms with Crippen LogP contribution < -0.4 is 33.6 Å². The number of fused-ring (bicyclic) bond motifs is 2. The summed E-state index contributed by atoms with van der Waals surface area (Å²) in [7, 11) is 0. The van der Waals surface area contributed by atoms with Gasteiger partial charge in [0.15, 0.2) is 11.9 Å². The SMILES string of the molecule is NC(N)=NCCCCCC(=O)N[C@@H](Cc1cccs1)C(=O)N1Cc2ccccc2C[C@@H]1C(=O)N1[C@H](C(=O)N[C@@H](CCCN=C(N)N)C(=O)O)C[C@@H]2CCCC[C@@H]21. The number of carbonyl (C=O) groups is 5.